The molecule has 0 saturated carbocycles. The molecule has 1 spiro atoms. The van der Waals surface area contributed by atoms with E-state index in [1.807, 2.05) is 23.1 Å². The third kappa shape index (κ3) is 3.77. The van der Waals surface area contributed by atoms with Crippen molar-refractivity contribution in [1.29, 1.82) is 5.26 Å². The van der Waals surface area contributed by atoms with E-state index in [9.17, 15) is 4.79 Å². The van der Waals surface area contributed by atoms with Crippen molar-refractivity contribution in [3.8, 4) is 6.07 Å². The number of aromatic nitrogens is 1. The number of nitriles is 1. The first-order valence-corrected chi connectivity index (χ1v) is 9.61. The summed E-state index contributed by atoms with van der Waals surface area (Å²) in [7, 11) is 0. The van der Waals surface area contributed by atoms with E-state index < -0.39 is 0 Å². The number of carbonyl (C=O) groups is 1. The summed E-state index contributed by atoms with van der Waals surface area (Å²) in [6, 6.07) is 14.7. The molecule has 1 aromatic heterocycles. The van der Waals surface area contributed by atoms with E-state index in [1.165, 1.54) is 0 Å². The van der Waals surface area contributed by atoms with E-state index in [1.54, 1.807) is 30.5 Å². The van der Waals surface area contributed by atoms with Crippen LogP contribution < -0.4 is 0 Å². The van der Waals surface area contributed by atoms with Gasteiger partial charge in [-0.25, -0.2) is 0 Å². The van der Waals surface area contributed by atoms with Gasteiger partial charge in [-0.3, -0.25) is 9.78 Å². The van der Waals surface area contributed by atoms with Gasteiger partial charge in [-0.1, -0.05) is 12.1 Å². The molecule has 0 aliphatic carbocycles. The summed E-state index contributed by atoms with van der Waals surface area (Å²) in [6.45, 7) is 3.11. The Balaban J connectivity index is 1.28. The molecule has 28 heavy (non-hydrogen) atoms. The second kappa shape index (κ2) is 8.09. The SMILES string of the molecule is N#Cc1cccc(C(=O)N2CC3(C2)OCC[C@H]3CCOCc2ccccn2)c1. The maximum absolute atomic E-state index is 12.7. The van der Waals surface area contributed by atoms with Crippen molar-refractivity contribution in [2.45, 2.75) is 25.0 Å². The van der Waals surface area contributed by atoms with Gasteiger partial charge in [0.25, 0.3) is 5.91 Å². The zero-order valence-corrected chi connectivity index (χ0v) is 15.7. The number of rotatable bonds is 6. The van der Waals surface area contributed by atoms with Crippen LogP contribution in [0.3, 0.4) is 0 Å². The van der Waals surface area contributed by atoms with Crippen LogP contribution in [0.1, 0.15) is 34.5 Å². The van der Waals surface area contributed by atoms with Crippen LogP contribution in [-0.4, -0.2) is 47.7 Å². The van der Waals surface area contributed by atoms with Gasteiger partial charge in [0.2, 0.25) is 0 Å². The predicted octanol–water partition coefficient (Wildman–Crippen LogP) is 2.79. The van der Waals surface area contributed by atoms with Gasteiger partial charge < -0.3 is 14.4 Å². The summed E-state index contributed by atoms with van der Waals surface area (Å²) in [4.78, 5) is 18.8. The molecule has 0 radical (unpaired) electrons. The summed E-state index contributed by atoms with van der Waals surface area (Å²) < 4.78 is 11.8. The van der Waals surface area contributed by atoms with Crippen LogP contribution in [0.4, 0.5) is 0 Å². The minimum Gasteiger partial charge on any atom is -0.375 e. The topological polar surface area (TPSA) is 75.5 Å². The molecule has 1 atom stereocenters. The lowest BCUT2D eigenvalue weighted by Crippen LogP contribution is -2.66. The second-order valence-electron chi connectivity index (χ2n) is 7.41. The quantitative estimate of drug-likeness (QED) is 0.724. The number of ether oxygens (including phenoxy) is 2. The van der Waals surface area contributed by atoms with Crippen LogP contribution in [0.25, 0.3) is 0 Å². The van der Waals surface area contributed by atoms with E-state index in [4.69, 9.17) is 14.7 Å². The van der Waals surface area contributed by atoms with E-state index in [0.717, 1.165) is 25.1 Å². The van der Waals surface area contributed by atoms with Crippen LogP contribution in [0.2, 0.25) is 0 Å². The first kappa shape index (κ1) is 18.6. The lowest BCUT2D eigenvalue weighted by molar-refractivity contribution is -0.120. The molecule has 0 N–H and O–H groups in total. The lowest BCUT2D eigenvalue weighted by Gasteiger charge is -2.50. The molecular formula is C22H23N3O3. The fraction of sp³-hybridized carbons (Fsp3) is 0.409. The summed E-state index contributed by atoms with van der Waals surface area (Å²) in [6.07, 6.45) is 3.68. The van der Waals surface area contributed by atoms with Crippen molar-refractivity contribution in [2.75, 3.05) is 26.3 Å². The van der Waals surface area contributed by atoms with Crippen molar-refractivity contribution in [3.63, 3.8) is 0 Å². The molecule has 2 aromatic rings. The molecule has 3 heterocycles. The van der Waals surface area contributed by atoms with Crippen molar-refractivity contribution in [3.05, 3.63) is 65.5 Å². The van der Waals surface area contributed by atoms with Gasteiger partial charge >= 0.3 is 0 Å². The summed E-state index contributed by atoms with van der Waals surface area (Å²) in [5, 5.41) is 9.02. The maximum Gasteiger partial charge on any atom is 0.254 e. The van der Waals surface area contributed by atoms with E-state index >= 15 is 0 Å². The summed E-state index contributed by atoms with van der Waals surface area (Å²) in [5.41, 5.74) is 1.75. The molecule has 2 fully saturated rings. The lowest BCUT2D eigenvalue weighted by atomic mass is 9.79. The van der Waals surface area contributed by atoms with Gasteiger partial charge in [-0.2, -0.15) is 5.26 Å². The smallest absolute Gasteiger partial charge is 0.254 e. The third-order valence-corrected chi connectivity index (χ3v) is 5.63. The Morgan fingerprint density at radius 3 is 3.00 bits per heavy atom. The number of amides is 1. The molecule has 2 aliphatic heterocycles. The summed E-state index contributed by atoms with van der Waals surface area (Å²) in [5.74, 6) is 0.356. The monoisotopic (exact) mass is 377 g/mol. The number of pyridine rings is 1. The highest BCUT2D eigenvalue weighted by molar-refractivity contribution is 5.95. The Kier molecular flexibility index (Phi) is 5.38. The molecule has 6 nitrogen and oxygen atoms in total. The summed E-state index contributed by atoms with van der Waals surface area (Å²) >= 11 is 0. The van der Waals surface area contributed by atoms with Gasteiger partial charge in [-0.15, -0.1) is 0 Å². The van der Waals surface area contributed by atoms with Crippen molar-refractivity contribution in [2.24, 2.45) is 5.92 Å². The van der Waals surface area contributed by atoms with Crippen LogP contribution in [0.5, 0.6) is 0 Å². The number of hydrogen-bond donors (Lipinski definition) is 0. The fourth-order valence-corrected chi connectivity index (χ4v) is 4.08. The number of carbonyl (C=O) groups excluding carboxylic acids is 1. The fourth-order valence-electron chi connectivity index (χ4n) is 4.08. The number of likely N-dealkylation sites (tertiary alicyclic amines) is 1. The Morgan fingerprint density at radius 1 is 1.32 bits per heavy atom. The Hall–Kier alpha value is -2.75. The molecular weight excluding hydrogens is 354 g/mol. The molecule has 2 saturated heterocycles. The molecule has 144 valence electrons. The Bertz CT molecular complexity index is 872. The van der Waals surface area contributed by atoms with Crippen LogP contribution >= 0.6 is 0 Å². The van der Waals surface area contributed by atoms with E-state index in [-0.39, 0.29) is 11.5 Å². The highest BCUT2D eigenvalue weighted by Crippen LogP contribution is 2.42. The molecule has 2 aliphatic rings. The zero-order valence-electron chi connectivity index (χ0n) is 15.7. The zero-order chi connectivity index (χ0) is 19.4. The first-order chi connectivity index (χ1) is 13.7. The maximum atomic E-state index is 12.7. The van der Waals surface area contributed by atoms with Gasteiger partial charge in [0.1, 0.15) is 5.60 Å². The van der Waals surface area contributed by atoms with E-state index in [0.29, 0.717) is 43.3 Å². The number of benzene rings is 1. The van der Waals surface area contributed by atoms with Gasteiger partial charge in [0, 0.05) is 25.0 Å². The minimum atomic E-state index is -0.239. The molecule has 1 amide bonds. The number of hydrogen-bond acceptors (Lipinski definition) is 5. The van der Waals surface area contributed by atoms with Gasteiger partial charge in [0.15, 0.2) is 0 Å². The second-order valence-corrected chi connectivity index (χ2v) is 7.41. The average molecular weight is 377 g/mol. The molecule has 6 heteroatoms. The highest BCUT2D eigenvalue weighted by atomic mass is 16.5. The molecule has 1 aromatic carbocycles. The third-order valence-electron chi connectivity index (χ3n) is 5.63. The minimum absolute atomic E-state index is 0.0385. The largest absolute Gasteiger partial charge is 0.375 e. The van der Waals surface area contributed by atoms with Crippen LogP contribution in [0, 0.1) is 17.2 Å². The van der Waals surface area contributed by atoms with Crippen LogP contribution in [-0.2, 0) is 16.1 Å². The van der Waals surface area contributed by atoms with Gasteiger partial charge in [-0.05, 0) is 49.1 Å². The predicted molar refractivity (Wildman–Crippen MR) is 102 cm³/mol. The number of nitrogens with zero attached hydrogens (tertiary/aromatic N) is 3. The van der Waals surface area contributed by atoms with Gasteiger partial charge in [0.05, 0.1) is 37.0 Å². The highest BCUT2D eigenvalue weighted by Gasteiger charge is 2.54. The molecule has 4 rings (SSSR count). The van der Waals surface area contributed by atoms with Crippen molar-refractivity contribution < 1.29 is 14.3 Å². The first-order valence-electron chi connectivity index (χ1n) is 9.61. The van der Waals surface area contributed by atoms with Crippen LogP contribution in [0.15, 0.2) is 48.7 Å². The van der Waals surface area contributed by atoms with Crippen molar-refractivity contribution >= 4 is 5.91 Å². The Morgan fingerprint density at radius 2 is 2.21 bits per heavy atom. The van der Waals surface area contributed by atoms with Crippen molar-refractivity contribution in [1.82, 2.24) is 9.88 Å². The molecule has 0 unspecified atom stereocenters. The van der Waals surface area contributed by atoms with E-state index in [2.05, 4.69) is 11.1 Å². The standard InChI is InChI=1S/C22H23N3O3/c23-13-17-4-3-5-18(12-17)21(26)25-15-22(16-25)19(8-11-28-22)7-10-27-14-20-6-1-2-9-24-20/h1-6,9,12,19H,7-8,10-11,14-16H2/t19-/m1/s1. The molecule has 0 bridgehead atoms. The Labute approximate surface area is 164 Å². The average Bonchev–Trinajstić information content (AvgIpc) is 3.14. The normalized spacial score (nSPS) is 20.0.